The maximum atomic E-state index is 12.4. The lowest BCUT2D eigenvalue weighted by atomic mass is 9.63. The summed E-state index contributed by atoms with van der Waals surface area (Å²) in [5.74, 6) is 0. The lowest BCUT2D eigenvalue weighted by molar-refractivity contribution is -0.0950. The average Bonchev–Trinajstić information content (AvgIpc) is 3.01. The molecule has 4 nitrogen and oxygen atoms in total. The molecule has 1 aliphatic rings. The van der Waals surface area contributed by atoms with Gasteiger partial charge in [-0.15, -0.1) is 0 Å². The Morgan fingerprint density at radius 3 is 2.35 bits per heavy atom. The van der Waals surface area contributed by atoms with Crippen molar-refractivity contribution in [3.8, 4) is 0 Å². The molecule has 1 aromatic heterocycles. The number of thioether (sulfide) groups is 1. The third kappa shape index (κ3) is 3.91. The Labute approximate surface area is 154 Å². The number of aromatic nitrogens is 3. The number of aliphatic hydroxyl groups is 1. The zero-order chi connectivity index (χ0) is 19.0. The minimum absolute atomic E-state index is 0.119. The van der Waals surface area contributed by atoms with Crippen LogP contribution in [-0.4, -0.2) is 31.5 Å². The Hall–Kier alpha value is -1.54. The third-order valence-electron chi connectivity index (χ3n) is 5.16. The molecule has 1 N–H and O–H groups in total. The molecule has 142 valence electrons. The summed E-state index contributed by atoms with van der Waals surface area (Å²) in [6, 6.07) is 6.36. The van der Waals surface area contributed by atoms with Crippen LogP contribution < -0.4 is 0 Å². The number of hydrogen-bond donors (Lipinski definition) is 1. The van der Waals surface area contributed by atoms with E-state index < -0.39 is 22.6 Å². The lowest BCUT2D eigenvalue weighted by Crippen LogP contribution is -2.56. The maximum absolute atomic E-state index is 12.4. The second kappa shape index (κ2) is 6.88. The monoisotopic (exact) mass is 385 g/mol. The predicted octanol–water partition coefficient (Wildman–Crippen LogP) is 4.40. The number of hydrogen-bond acceptors (Lipinski definition) is 4. The molecule has 0 amide bonds. The summed E-state index contributed by atoms with van der Waals surface area (Å²) in [4.78, 5) is 4.17. The van der Waals surface area contributed by atoms with Crippen LogP contribution in [0.5, 0.6) is 0 Å². The molecule has 1 fully saturated rings. The summed E-state index contributed by atoms with van der Waals surface area (Å²) < 4.78 is 39.1. The molecule has 1 unspecified atom stereocenters. The first-order chi connectivity index (χ1) is 12.1. The van der Waals surface area contributed by atoms with E-state index in [4.69, 9.17) is 0 Å². The number of nitrogens with zero attached hydrogens (tertiary/aromatic N) is 3. The standard InChI is InChI=1S/C18H22F3N3OS/c1-16(2,10-13-4-6-14(7-5-13)26-18(19,20)21)15(25)17(8-3-9-17)24-12-22-11-23-24/h4-7,11-12,15,25H,3,8-10H2,1-2H3. The van der Waals surface area contributed by atoms with E-state index in [2.05, 4.69) is 10.1 Å². The van der Waals surface area contributed by atoms with Crippen molar-refractivity contribution in [2.45, 2.75) is 61.6 Å². The van der Waals surface area contributed by atoms with Gasteiger partial charge in [-0.05, 0) is 60.6 Å². The zero-order valence-corrected chi connectivity index (χ0v) is 15.5. The molecule has 1 aliphatic carbocycles. The van der Waals surface area contributed by atoms with Gasteiger partial charge in [0.05, 0.1) is 11.6 Å². The van der Waals surface area contributed by atoms with Gasteiger partial charge < -0.3 is 5.11 Å². The normalized spacial score (nSPS) is 18.4. The van der Waals surface area contributed by atoms with Crippen molar-refractivity contribution in [2.75, 3.05) is 0 Å². The summed E-state index contributed by atoms with van der Waals surface area (Å²) >= 11 is -0.119. The fraction of sp³-hybridized carbons (Fsp3) is 0.556. The van der Waals surface area contributed by atoms with Crippen molar-refractivity contribution in [1.29, 1.82) is 0 Å². The highest BCUT2D eigenvalue weighted by molar-refractivity contribution is 8.00. The second-order valence-electron chi connectivity index (χ2n) is 7.56. The predicted molar refractivity (Wildman–Crippen MR) is 93.7 cm³/mol. The third-order valence-corrected chi connectivity index (χ3v) is 5.90. The Morgan fingerprint density at radius 2 is 1.88 bits per heavy atom. The van der Waals surface area contributed by atoms with Gasteiger partial charge in [0.15, 0.2) is 0 Å². The van der Waals surface area contributed by atoms with Gasteiger partial charge >= 0.3 is 5.51 Å². The molecule has 8 heteroatoms. The van der Waals surface area contributed by atoms with Crippen LogP contribution in [0.15, 0.2) is 41.8 Å². The summed E-state index contributed by atoms with van der Waals surface area (Å²) in [6.07, 6.45) is 5.72. The Morgan fingerprint density at radius 1 is 1.23 bits per heavy atom. The molecule has 1 atom stereocenters. The minimum atomic E-state index is -4.29. The molecule has 2 aromatic rings. The van der Waals surface area contributed by atoms with Crippen LogP contribution in [0.1, 0.15) is 38.7 Å². The van der Waals surface area contributed by atoms with Crippen LogP contribution in [0.25, 0.3) is 0 Å². The van der Waals surface area contributed by atoms with Crippen LogP contribution in [-0.2, 0) is 12.0 Å². The van der Waals surface area contributed by atoms with E-state index in [0.29, 0.717) is 6.42 Å². The van der Waals surface area contributed by atoms with Gasteiger partial charge in [0.2, 0.25) is 0 Å². The molecule has 26 heavy (non-hydrogen) atoms. The van der Waals surface area contributed by atoms with Gasteiger partial charge in [-0.3, -0.25) is 0 Å². The molecular weight excluding hydrogens is 363 g/mol. The fourth-order valence-corrected chi connectivity index (χ4v) is 4.30. The highest BCUT2D eigenvalue weighted by atomic mass is 32.2. The lowest BCUT2D eigenvalue weighted by Gasteiger charge is -2.50. The van der Waals surface area contributed by atoms with Gasteiger partial charge in [-0.2, -0.15) is 18.3 Å². The van der Waals surface area contributed by atoms with Crippen molar-refractivity contribution in [2.24, 2.45) is 5.41 Å². The van der Waals surface area contributed by atoms with Crippen molar-refractivity contribution < 1.29 is 18.3 Å². The molecule has 3 rings (SSSR count). The largest absolute Gasteiger partial charge is 0.446 e. The second-order valence-corrected chi connectivity index (χ2v) is 8.70. The van der Waals surface area contributed by atoms with E-state index in [0.717, 1.165) is 24.8 Å². The minimum Gasteiger partial charge on any atom is -0.390 e. The fourth-order valence-electron chi connectivity index (χ4n) is 3.76. The number of alkyl halides is 3. The van der Waals surface area contributed by atoms with Crippen LogP contribution in [0.4, 0.5) is 13.2 Å². The number of benzene rings is 1. The molecule has 0 aliphatic heterocycles. The van der Waals surface area contributed by atoms with Crippen molar-refractivity contribution in [3.05, 3.63) is 42.5 Å². The summed E-state index contributed by atoms with van der Waals surface area (Å²) in [6.45, 7) is 3.96. The maximum Gasteiger partial charge on any atom is 0.446 e. The summed E-state index contributed by atoms with van der Waals surface area (Å²) in [7, 11) is 0. The molecule has 1 saturated carbocycles. The Bertz CT molecular complexity index is 725. The molecule has 0 saturated heterocycles. The quantitative estimate of drug-likeness (QED) is 0.749. The first kappa shape index (κ1) is 19.2. The van der Waals surface area contributed by atoms with E-state index in [1.165, 1.54) is 18.5 Å². The van der Waals surface area contributed by atoms with Crippen molar-refractivity contribution >= 4 is 11.8 Å². The van der Waals surface area contributed by atoms with Gasteiger partial charge in [0.1, 0.15) is 12.7 Å². The van der Waals surface area contributed by atoms with Crippen LogP contribution in [0.2, 0.25) is 0 Å². The smallest absolute Gasteiger partial charge is 0.390 e. The SMILES string of the molecule is CC(C)(Cc1ccc(SC(F)(F)F)cc1)C(O)C1(n2cncn2)CCC1. The zero-order valence-electron chi connectivity index (χ0n) is 14.7. The van der Waals surface area contributed by atoms with E-state index in [1.54, 1.807) is 23.1 Å². The number of halogens is 3. The Kier molecular flexibility index (Phi) is 5.09. The average molecular weight is 385 g/mol. The molecule has 0 radical (unpaired) electrons. The highest BCUT2D eigenvalue weighted by Crippen LogP contribution is 2.48. The van der Waals surface area contributed by atoms with Gasteiger partial charge in [0, 0.05) is 4.90 Å². The van der Waals surface area contributed by atoms with Crippen LogP contribution >= 0.6 is 11.8 Å². The van der Waals surface area contributed by atoms with Crippen LogP contribution in [0, 0.1) is 5.41 Å². The Balaban J connectivity index is 1.74. The van der Waals surface area contributed by atoms with Crippen molar-refractivity contribution in [3.63, 3.8) is 0 Å². The highest BCUT2D eigenvalue weighted by Gasteiger charge is 2.51. The van der Waals surface area contributed by atoms with Gasteiger partial charge in [-0.1, -0.05) is 26.0 Å². The van der Waals surface area contributed by atoms with E-state index in [-0.39, 0.29) is 16.7 Å². The van der Waals surface area contributed by atoms with Gasteiger partial charge in [-0.25, -0.2) is 9.67 Å². The van der Waals surface area contributed by atoms with E-state index in [1.807, 2.05) is 13.8 Å². The van der Waals surface area contributed by atoms with E-state index in [9.17, 15) is 18.3 Å². The first-order valence-corrected chi connectivity index (χ1v) is 9.32. The topological polar surface area (TPSA) is 50.9 Å². The molecule has 1 aromatic carbocycles. The molecular formula is C18H22F3N3OS. The number of aliphatic hydroxyl groups excluding tert-OH is 1. The molecule has 0 bridgehead atoms. The van der Waals surface area contributed by atoms with Crippen LogP contribution in [0.3, 0.4) is 0 Å². The first-order valence-electron chi connectivity index (χ1n) is 8.50. The van der Waals surface area contributed by atoms with E-state index >= 15 is 0 Å². The van der Waals surface area contributed by atoms with Gasteiger partial charge in [0.25, 0.3) is 0 Å². The molecule has 1 heterocycles. The molecule has 0 spiro atoms. The summed E-state index contributed by atoms with van der Waals surface area (Å²) in [5, 5.41) is 15.4. The van der Waals surface area contributed by atoms with Crippen molar-refractivity contribution in [1.82, 2.24) is 14.8 Å². The summed E-state index contributed by atoms with van der Waals surface area (Å²) in [5.41, 5.74) is -4.31. The number of rotatable bonds is 6.